The molecule has 5 rings (SSSR count). The summed E-state index contributed by atoms with van der Waals surface area (Å²) in [5.41, 5.74) is 5.49. The van der Waals surface area contributed by atoms with Crippen molar-refractivity contribution < 1.29 is 5.11 Å². The predicted molar refractivity (Wildman–Crippen MR) is 140 cm³/mol. The van der Waals surface area contributed by atoms with Gasteiger partial charge in [-0.25, -0.2) is 0 Å². The summed E-state index contributed by atoms with van der Waals surface area (Å²) >= 11 is 0. The normalized spacial score (nSPS) is 14.7. The number of phenolic OH excluding ortho intramolecular Hbond substituents is 1. The van der Waals surface area contributed by atoms with Crippen molar-refractivity contribution in [2.24, 2.45) is 4.99 Å². The first-order chi connectivity index (χ1) is 16.8. The van der Waals surface area contributed by atoms with Crippen molar-refractivity contribution in [3.05, 3.63) is 126 Å². The molecule has 0 amide bonds. The fourth-order valence-corrected chi connectivity index (χ4v) is 4.61. The third-order valence-electron chi connectivity index (χ3n) is 6.41. The Morgan fingerprint density at radius 3 is 1.79 bits per heavy atom. The number of hydrogen-bond acceptors (Lipinski definition) is 4. The summed E-state index contributed by atoms with van der Waals surface area (Å²) in [6.07, 6.45) is 1.70. The maximum absolute atomic E-state index is 9.91. The number of aromatic hydroxyl groups is 1. The molecule has 170 valence electrons. The molecule has 1 fully saturated rings. The van der Waals surface area contributed by atoms with Gasteiger partial charge < -0.3 is 10.0 Å². The molecule has 1 heterocycles. The molecule has 4 heteroatoms. The second-order valence-corrected chi connectivity index (χ2v) is 8.58. The molecule has 4 nitrogen and oxygen atoms in total. The van der Waals surface area contributed by atoms with Crippen LogP contribution in [0.1, 0.15) is 22.7 Å². The van der Waals surface area contributed by atoms with E-state index in [1.165, 1.54) is 16.8 Å². The number of anilines is 1. The van der Waals surface area contributed by atoms with Crippen LogP contribution < -0.4 is 4.90 Å². The van der Waals surface area contributed by atoms with Crippen LogP contribution in [0.25, 0.3) is 0 Å². The molecule has 0 unspecified atom stereocenters. The van der Waals surface area contributed by atoms with E-state index in [9.17, 15) is 5.11 Å². The highest BCUT2D eigenvalue weighted by Gasteiger charge is 2.26. The lowest BCUT2D eigenvalue weighted by atomic mass is 9.96. The first-order valence-corrected chi connectivity index (χ1v) is 11.8. The van der Waals surface area contributed by atoms with Gasteiger partial charge in [0.1, 0.15) is 5.75 Å². The standard InChI is InChI=1S/C30H29N3O/c34-29-14-8-7-13-26(29)23-31-27-15-17-28(18-16-27)32-19-21-33(22-20-32)30(24-9-3-1-4-10-24)25-11-5-2-6-12-25/h1-18,23,30,34H,19-22H2. The van der Waals surface area contributed by atoms with Crippen molar-refractivity contribution in [2.75, 3.05) is 31.1 Å². The fourth-order valence-electron chi connectivity index (χ4n) is 4.61. The number of aliphatic imine (C=N–C) groups is 1. The van der Waals surface area contributed by atoms with Crippen LogP contribution in [-0.4, -0.2) is 42.4 Å². The fraction of sp³-hybridized carbons (Fsp3) is 0.167. The minimum Gasteiger partial charge on any atom is -0.507 e. The quantitative estimate of drug-likeness (QED) is 0.366. The van der Waals surface area contributed by atoms with Gasteiger partial charge in [0.05, 0.1) is 11.7 Å². The summed E-state index contributed by atoms with van der Waals surface area (Å²) in [5, 5.41) is 9.91. The van der Waals surface area contributed by atoms with E-state index in [2.05, 4.69) is 87.6 Å². The topological polar surface area (TPSA) is 39.1 Å². The van der Waals surface area contributed by atoms with E-state index < -0.39 is 0 Å². The summed E-state index contributed by atoms with van der Waals surface area (Å²) in [6, 6.07) is 37.5. The largest absolute Gasteiger partial charge is 0.507 e. The predicted octanol–water partition coefficient (Wildman–Crippen LogP) is 6.05. The highest BCUT2D eigenvalue weighted by molar-refractivity contribution is 5.85. The monoisotopic (exact) mass is 447 g/mol. The second-order valence-electron chi connectivity index (χ2n) is 8.58. The molecule has 0 aliphatic carbocycles. The molecule has 1 aliphatic rings. The molecule has 0 aromatic heterocycles. The van der Waals surface area contributed by atoms with Crippen LogP contribution in [0.4, 0.5) is 11.4 Å². The number of benzene rings is 4. The van der Waals surface area contributed by atoms with Crippen LogP contribution in [0, 0.1) is 0 Å². The van der Waals surface area contributed by atoms with Gasteiger partial charge in [0.25, 0.3) is 0 Å². The molecule has 0 spiro atoms. The van der Waals surface area contributed by atoms with Gasteiger partial charge >= 0.3 is 0 Å². The minimum atomic E-state index is 0.241. The number of nitrogens with zero attached hydrogens (tertiary/aromatic N) is 3. The Kier molecular flexibility index (Phi) is 6.68. The minimum absolute atomic E-state index is 0.241. The van der Waals surface area contributed by atoms with E-state index in [0.717, 1.165) is 31.9 Å². The lowest BCUT2D eigenvalue weighted by Gasteiger charge is -2.40. The molecule has 0 radical (unpaired) electrons. The highest BCUT2D eigenvalue weighted by Crippen LogP contribution is 2.30. The Labute approximate surface area is 201 Å². The molecule has 0 bridgehead atoms. The average molecular weight is 448 g/mol. The van der Waals surface area contributed by atoms with Crippen LogP contribution in [0.5, 0.6) is 5.75 Å². The molecule has 4 aromatic rings. The summed E-state index contributed by atoms with van der Waals surface area (Å²) in [4.78, 5) is 9.55. The third-order valence-corrected chi connectivity index (χ3v) is 6.41. The van der Waals surface area contributed by atoms with E-state index in [-0.39, 0.29) is 11.8 Å². The van der Waals surface area contributed by atoms with Gasteiger partial charge in [-0.05, 0) is 47.5 Å². The first kappa shape index (κ1) is 21.9. The lowest BCUT2D eigenvalue weighted by molar-refractivity contribution is 0.212. The van der Waals surface area contributed by atoms with E-state index in [0.29, 0.717) is 5.56 Å². The zero-order chi connectivity index (χ0) is 23.2. The zero-order valence-corrected chi connectivity index (χ0v) is 19.2. The van der Waals surface area contributed by atoms with Crippen LogP contribution in [0.15, 0.2) is 114 Å². The lowest BCUT2D eigenvalue weighted by Crippen LogP contribution is -2.47. The van der Waals surface area contributed by atoms with Gasteiger partial charge in [-0.15, -0.1) is 0 Å². The van der Waals surface area contributed by atoms with E-state index >= 15 is 0 Å². The summed E-state index contributed by atoms with van der Waals surface area (Å²) in [7, 11) is 0. The Morgan fingerprint density at radius 2 is 1.21 bits per heavy atom. The average Bonchev–Trinajstić information content (AvgIpc) is 2.90. The molecule has 0 atom stereocenters. The SMILES string of the molecule is Oc1ccccc1C=Nc1ccc(N2CCN(C(c3ccccc3)c3ccccc3)CC2)cc1. The molecule has 1 N–H and O–H groups in total. The maximum atomic E-state index is 9.91. The van der Waals surface area contributed by atoms with Crippen LogP contribution >= 0.6 is 0 Å². The van der Waals surface area contributed by atoms with E-state index in [1.54, 1.807) is 12.3 Å². The Bertz CT molecular complexity index is 1180. The Morgan fingerprint density at radius 1 is 0.647 bits per heavy atom. The third kappa shape index (κ3) is 5.03. The van der Waals surface area contributed by atoms with Gasteiger partial charge in [0, 0.05) is 43.6 Å². The van der Waals surface area contributed by atoms with Crippen molar-refractivity contribution in [3.8, 4) is 5.75 Å². The molecule has 34 heavy (non-hydrogen) atoms. The molecular weight excluding hydrogens is 418 g/mol. The van der Waals surface area contributed by atoms with Crippen LogP contribution in [0.2, 0.25) is 0 Å². The van der Waals surface area contributed by atoms with Crippen LogP contribution in [0.3, 0.4) is 0 Å². The smallest absolute Gasteiger partial charge is 0.124 e. The summed E-state index contributed by atoms with van der Waals surface area (Å²) in [5.74, 6) is 0.241. The molecule has 1 aliphatic heterocycles. The number of piperazine rings is 1. The molecule has 0 saturated carbocycles. The van der Waals surface area contributed by atoms with Crippen LogP contribution in [-0.2, 0) is 0 Å². The number of phenols is 1. The van der Waals surface area contributed by atoms with Crippen molar-refractivity contribution >= 4 is 17.6 Å². The number of rotatable bonds is 6. The van der Waals surface area contributed by atoms with Gasteiger partial charge in [-0.3, -0.25) is 9.89 Å². The summed E-state index contributed by atoms with van der Waals surface area (Å²) in [6.45, 7) is 3.97. The van der Waals surface area contributed by atoms with Crippen molar-refractivity contribution in [1.82, 2.24) is 4.90 Å². The van der Waals surface area contributed by atoms with Crippen molar-refractivity contribution in [3.63, 3.8) is 0 Å². The molecular formula is C30H29N3O. The Balaban J connectivity index is 1.26. The Hall–Kier alpha value is -3.89. The molecule has 1 saturated heterocycles. The van der Waals surface area contributed by atoms with Gasteiger partial charge in [-0.2, -0.15) is 0 Å². The van der Waals surface area contributed by atoms with Gasteiger partial charge in [0.2, 0.25) is 0 Å². The van der Waals surface area contributed by atoms with Crippen molar-refractivity contribution in [1.29, 1.82) is 0 Å². The van der Waals surface area contributed by atoms with E-state index in [4.69, 9.17) is 0 Å². The highest BCUT2D eigenvalue weighted by atomic mass is 16.3. The molecule has 4 aromatic carbocycles. The summed E-state index contributed by atoms with van der Waals surface area (Å²) < 4.78 is 0. The maximum Gasteiger partial charge on any atom is 0.124 e. The van der Waals surface area contributed by atoms with Gasteiger partial charge in [-0.1, -0.05) is 72.8 Å². The van der Waals surface area contributed by atoms with E-state index in [1.807, 2.05) is 30.3 Å². The van der Waals surface area contributed by atoms with Crippen molar-refractivity contribution in [2.45, 2.75) is 6.04 Å². The van der Waals surface area contributed by atoms with Gasteiger partial charge in [0.15, 0.2) is 0 Å². The number of para-hydroxylation sites is 1. The zero-order valence-electron chi connectivity index (χ0n) is 19.2. The first-order valence-electron chi connectivity index (χ1n) is 11.8. The number of hydrogen-bond donors (Lipinski definition) is 1. The second kappa shape index (κ2) is 10.4.